The van der Waals surface area contributed by atoms with Crippen LogP contribution in [0.5, 0.6) is 0 Å². The van der Waals surface area contributed by atoms with Crippen molar-refractivity contribution < 1.29 is 5.11 Å². The Morgan fingerprint density at radius 1 is 1.38 bits per heavy atom. The first kappa shape index (κ1) is 6.05. The second kappa shape index (κ2) is 2.03. The molecule has 2 heteroatoms. The average molecular weight is 115 g/mol. The molecule has 0 amide bonds. The first-order valence-corrected chi connectivity index (χ1v) is 3.04. The molecule has 0 radical (unpaired) electrons. The predicted molar refractivity (Wildman–Crippen MR) is 32.7 cm³/mol. The first-order chi connectivity index (χ1) is 3.70. The summed E-state index contributed by atoms with van der Waals surface area (Å²) in [5.41, 5.74) is 0. The molecule has 1 saturated carbocycles. The van der Waals surface area contributed by atoms with Gasteiger partial charge in [0.15, 0.2) is 0 Å². The Morgan fingerprint density at radius 2 is 1.88 bits per heavy atom. The van der Waals surface area contributed by atoms with Crippen LogP contribution in [-0.2, 0) is 0 Å². The second-order valence-electron chi connectivity index (χ2n) is 2.74. The van der Waals surface area contributed by atoms with Gasteiger partial charge in [-0.15, -0.1) is 0 Å². The molecule has 0 bridgehead atoms. The van der Waals surface area contributed by atoms with Crippen molar-refractivity contribution in [2.75, 3.05) is 14.1 Å². The zero-order chi connectivity index (χ0) is 6.15. The topological polar surface area (TPSA) is 23.5 Å². The number of rotatable bonds is 1. The average Bonchev–Trinajstić information content (AvgIpc) is 1.57. The summed E-state index contributed by atoms with van der Waals surface area (Å²) in [5.74, 6) is 0. The molecular formula is C6H13NO. The predicted octanol–water partition coefficient (Wildman–Crippen LogP) is 0.0713. The maximum absolute atomic E-state index is 8.84. The third kappa shape index (κ3) is 1.01. The van der Waals surface area contributed by atoms with Crippen LogP contribution in [0, 0.1) is 0 Å². The van der Waals surface area contributed by atoms with E-state index in [0.717, 1.165) is 12.8 Å². The lowest BCUT2D eigenvalue weighted by Crippen LogP contribution is -2.43. The Morgan fingerprint density at radius 3 is 2.00 bits per heavy atom. The summed E-state index contributed by atoms with van der Waals surface area (Å²) >= 11 is 0. The molecule has 8 heavy (non-hydrogen) atoms. The number of aliphatic hydroxyl groups is 1. The van der Waals surface area contributed by atoms with Crippen molar-refractivity contribution in [3.63, 3.8) is 0 Å². The molecule has 1 rings (SSSR count). The zero-order valence-electron chi connectivity index (χ0n) is 5.46. The Bertz CT molecular complexity index is 76.6. The van der Waals surface area contributed by atoms with Crippen molar-refractivity contribution in [3.05, 3.63) is 0 Å². The van der Waals surface area contributed by atoms with Crippen LogP contribution in [0.2, 0.25) is 0 Å². The van der Waals surface area contributed by atoms with E-state index < -0.39 is 0 Å². The summed E-state index contributed by atoms with van der Waals surface area (Å²) in [6.07, 6.45) is 1.92. The molecule has 0 unspecified atom stereocenters. The number of hydrogen-bond donors (Lipinski definition) is 1. The second-order valence-corrected chi connectivity index (χ2v) is 2.74. The maximum Gasteiger partial charge on any atom is 0.0570 e. The molecule has 48 valence electrons. The molecule has 0 spiro atoms. The Balaban J connectivity index is 2.15. The normalized spacial score (nSPS) is 37.5. The summed E-state index contributed by atoms with van der Waals surface area (Å²) in [4.78, 5) is 2.16. The van der Waals surface area contributed by atoms with Crippen molar-refractivity contribution >= 4 is 0 Å². The molecule has 0 saturated heterocycles. The van der Waals surface area contributed by atoms with Gasteiger partial charge in [-0.2, -0.15) is 0 Å². The highest BCUT2D eigenvalue weighted by molar-refractivity contribution is 4.83. The lowest BCUT2D eigenvalue weighted by molar-refractivity contribution is 0.0219. The van der Waals surface area contributed by atoms with Crippen LogP contribution in [0.15, 0.2) is 0 Å². The Hall–Kier alpha value is -0.0800. The van der Waals surface area contributed by atoms with E-state index in [9.17, 15) is 0 Å². The van der Waals surface area contributed by atoms with Crippen LogP contribution in [0.25, 0.3) is 0 Å². The molecule has 1 fully saturated rings. The molecule has 0 aromatic rings. The molecule has 0 aromatic heterocycles. The third-order valence-corrected chi connectivity index (χ3v) is 1.82. The molecule has 1 aliphatic carbocycles. The molecule has 1 aliphatic rings. The van der Waals surface area contributed by atoms with E-state index >= 15 is 0 Å². The molecular weight excluding hydrogens is 102 g/mol. The molecule has 0 aliphatic heterocycles. The smallest absolute Gasteiger partial charge is 0.0570 e. The summed E-state index contributed by atoms with van der Waals surface area (Å²) < 4.78 is 0. The minimum absolute atomic E-state index is 0.0117. The SMILES string of the molecule is CN(C)[C@H]1C[C@@H](O)C1. The van der Waals surface area contributed by atoms with Gasteiger partial charge in [-0.1, -0.05) is 0 Å². The number of nitrogens with zero attached hydrogens (tertiary/aromatic N) is 1. The molecule has 0 heterocycles. The fourth-order valence-corrected chi connectivity index (χ4v) is 0.981. The third-order valence-electron chi connectivity index (χ3n) is 1.82. The van der Waals surface area contributed by atoms with E-state index in [0.29, 0.717) is 6.04 Å². The fraction of sp³-hybridized carbons (Fsp3) is 1.00. The zero-order valence-corrected chi connectivity index (χ0v) is 5.46. The van der Waals surface area contributed by atoms with Gasteiger partial charge < -0.3 is 10.0 Å². The highest BCUT2D eigenvalue weighted by Gasteiger charge is 2.28. The van der Waals surface area contributed by atoms with Crippen LogP contribution in [0.4, 0.5) is 0 Å². The molecule has 2 nitrogen and oxygen atoms in total. The van der Waals surface area contributed by atoms with Crippen LogP contribution in [0.1, 0.15) is 12.8 Å². The monoisotopic (exact) mass is 115 g/mol. The van der Waals surface area contributed by atoms with Crippen LogP contribution < -0.4 is 0 Å². The highest BCUT2D eigenvalue weighted by atomic mass is 16.3. The molecule has 0 atom stereocenters. The van der Waals surface area contributed by atoms with Crippen molar-refractivity contribution in [3.8, 4) is 0 Å². The Labute approximate surface area is 50.1 Å². The van der Waals surface area contributed by atoms with Crippen LogP contribution in [-0.4, -0.2) is 36.2 Å². The van der Waals surface area contributed by atoms with Crippen molar-refractivity contribution in [2.24, 2.45) is 0 Å². The van der Waals surface area contributed by atoms with Crippen molar-refractivity contribution in [1.29, 1.82) is 0 Å². The van der Waals surface area contributed by atoms with Gasteiger partial charge in [0, 0.05) is 6.04 Å². The van der Waals surface area contributed by atoms with Gasteiger partial charge in [0.2, 0.25) is 0 Å². The summed E-state index contributed by atoms with van der Waals surface area (Å²) in [6, 6.07) is 0.644. The van der Waals surface area contributed by atoms with Crippen molar-refractivity contribution in [2.45, 2.75) is 25.0 Å². The first-order valence-electron chi connectivity index (χ1n) is 3.04. The van der Waals surface area contributed by atoms with E-state index in [1.807, 2.05) is 0 Å². The van der Waals surface area contributed by atoms with Gasteiger partial charge in [-0.05, 0) is 26.9 Å². The van der Waals surface area contributed by atoms with Gasteiger partial charge in [-0.3, -0.25) is 0 Å². The van der Waals surface area contributed by atoms with E-state index in [2.05, 4.69) is 19.0 Å². The van der Waals surface area contributed by atoms with Gasteiger partial charge >= 0.3 is 0 Å². The van der Waals surface area contributed by atoms with Gasteiger partial charge in [0.1, 0.15) is 0 Å². The van der Waals surface area contributed by atoms with E-state index in [4.69, 9.17) is 5.11 Å². The minimum atomic E-state index is -0.0117. The van der Waals surface area contributed by atoms with Gasteiger partial charge in [0.05, 0.1) is 6.10 Å². The largest absolute Gasteiger partial charge is 0.393 e. The summed E-state index contributed by atoms with van der Waals surface area (Å²) in [5, 5.41) is 8.84. The highest BCUT2D eigenvalue weighted by Crippen LogP contribution is 2.22. The molecule has 1 N–H and O–H groups in total. The maximum atomic E-state index is 8.84. The van der Waals surface area contributed by atoms with E-state index in [1.165, 1.54) is 0 Å². The Kier molecular flexibility index (Phi) is 1.54. The van der Waals surface area contributed by atoms with Crippen LogP contribution >= 0.6 is 0 Å². The summed E-state index contributed by atoms with van der Waals surface area (Å²) in [6.45, 7) is 0. The quantitative estimate of drug-likeness (QED) is 0.523. The van der Waals surface area contributed by atoms with Crippen LogP contribution in [0.3, 0.4) is 0 Å². The van der Waals surface area contributed by atoms with E-state index in [-0.39, 0.29) is 6.10 Å². The fourth-order valence-electron chi connectivity index (χ4n) is 0.981. The van der Waals surface area contributed by atoms with Gasteiger partial charge in [0.25, 0.3) is 0 Å². The minimum Gasteiger partial charge on any atom is -0.393 e. The standard InChI is InChI=1S/C6H13NO/c1-7(2)5-3-6(8)4-5/h5-6,8H,3-4H2,1-2H3/t5-,6+. The van der Waals surface area contributed by atoms with Gasteiger partial charge in [-0.25, -0.2) is 0 Å². The molecule has 0 aromatic carbocycles. The van der Waals surface area contributed by atoms with E-state index in [1.54, 1.807) is 0 Å². The lowest BCUT2D eigenvalue weighted by Gasteiger charge is -2.36. The van der Waals surface area contributed by atoms with Crippen molar-refractivity contribution in [1.82, 2.24) is 4.90 Å². The summed E-state index contributed by atoms with van der Waals surface area (Å²) in [7, 11) is 4.10. The number of hydrogen-bond acceptors (Lipinski definition) is 2. The lowest BCUT2D eigenvalue weighted by atomic mass is 9.89. The number of aliphatic hydroxyl groups excluding tert-OH is 1.